The Morgan fingerprint density at radius 2 is 2.03 bits per heavy atom. The third-order valence-electron chi connectivity index (χ3n) is 7.04. The average molecular weight is 477 g/mol. The normalized spacial score (nSPS) is 37.7. The quantitative estimate of drug-likeness (QED) is 0.210. The fourth-order valence-electron chi connectivity index (χ4n) is 4.41. The van der Waals surface area contributed by atoms with E-state index in [0.717, 1.165) is 18.4 Å². The van der Waals surface area contributed by atoms with Crippen molar-refractivity contribution >= 4 is 5.97 Å². The lowest BCUT2D eigenvalue weighted by Crippen LogP contribution is -2.38. The van der Waals surface area contributed by atoms with Gasteiger partial charge in [0.1, 0.15) is 12.2 Å². The highest BCUT2D eigenvalue weighted by Gasteiger charge is 2.44. The number of rotatable bonds is 8. The van der Waals surface area contributed by atoms with Gasteiger partial charge in [0, 0.05) is 17.9 Å². The van der Waals surface area contributed by atoms with E-state index in [1.807, 2.05) is 39.8 Å². The molecule has 0 spiro atoms. The van der Waals surface area contributed by atoms with E-state index in [9.17, 15) is 20.1 Å². The summed E-state index contributed by atoms with van der Waals surface area (Å²) in [6.07, 6.45) is 13.4. The van der Waals surface area contributed by atoms with Gasteiger partial charge < -0.3 is 24.8 Å². The SMILES string of the molecule is CCC(O)C(C)C1OC1CC(C)/C=C/C=C(\C)C1OC(=O)/C=C\CCC(C)(O)C(O)/C=C\C1C. The minimum Gasteiger partial charge on any atom is -0.454 e. The summed E-state index contributed by atoms with van der Waals surface area (Å²) < 4.78 is 11.5. The molecule has 1 fully saturated rings. The van der Waals surface area contributed by atoms with E-state index in [-0.39, 0.29) is 30.1 Å². The Balaban J connectivity index is 2.02. The molecule has 2 rings (SSSR count). The third kappa shape index (κ3) is 8.49. The molecule has 0 aromatic heterocycles. The maximum absolute atomic E-state index is 12.3. The van der Waals surface area contributed by atoms with Crippen molar-refractivity contribution in [2.45, 2.75) is 103 Å². The molecule has 2 aliphatic rings. The second-order valence-electron chi connectivity index (χ2n) is 10.3. The van der Waals surface area contributed by atoms with E-state index < -0.39 is 23.8 Å². The number of hydrogen-bond acceptors (Lipinski definition) is 6. The van der Waals surface area contributed by atoms with Gasteiger partial charge in [-0.15, -0.1) is 0 Å². The van der Waals surface area contributed by atoms with Crippen LogP contribution in [0.1, 0.15) is 67.2 Å². The van der Waals surface area contributed by atoms with Crippen LogP contribution in [0.2, 0.25) is 0 Å². The summed E-state index contributed by atoms with van der Waals surface area (Å²) >= 11 is 0. The Kier molecular flexibility index (Phi) is 10.8. The van der Waals surface area contributed by atoms with Crippen molar-refractivity contribution in [3.05, 3.63) is 48.1 Å². The monoisotopic (exact) mass is 476 g/mol. The number of aliphatic hydroxyl groups excluding tert-OH is 2. The van der Waals surface area contributed by atoms with E-state index in [4.69, 9.17) is 9.47 Å². The summed E-state index contributed by atoms with van der Waals surface area (Å²) in [5.74, 6) is -0.149. The van der Waals surface area contributed by atoms with Crippen molar-refractivity contribution < 1.29 is 29.6 Å². The smallest absolute Gasteiger partial charge is 0.331 e. The summed E-state index contributed by atoms with van der Waals surface area (Å²) in [5, 5.41) is 30.9. The lowest BCUT2D eigenvalue weighted by atomic mass is 9.90. The first-order valence-electron chi connectivity index (χ1n) is 12.6. The highest BCUT2D eigenvalue weighted by molar-refractivity contribution is 5.82. The van der Waals surface area contributed by atoms with Crippen LogP contribution in [0.4, 0.5) is 0 Å². The molecule has 0 aromatic rings. The molecule has 6 nitrogen and oxygen atoms in total. The lowest BCUT2D eigenvalue weighted by Gasteiger charge is -2.28. The summed E-state index contributed by atoms with van der Waals surface area (Å²) in [5.41, 5.74) is -0.375. The maximum Gasteiger partial charge on any atom is 0.331 e. The standard InChI is InChI=1S/C28H44O6/c1-7-22(29)21(5)27-23(33-27)17-18(2)11-10-12-19(3)26-20(4)14-15-24(30)28(6,32)16-9-8-13-25(31)34-26/h8,10-15,18,20-24,26-27,29-30,32H,7,9,16-17H2,1-6H3/b11-10+,13-8-,15-14-,19-12+. The van der Waals surface area contributed by atoms with Gasteiger partial charge in [-0.25, -0.2) is 4.79 Å². The van der Waals surface area contributed by atoms with Crippen molar-refractivity contribution in [1.29, 1.82) is 0 Å². The Morgan fingerprint density at radius 1 is 1.32 bits per heavy atom. The molecule has 0 radical (unpaired) electrons. The van der Waals surface area contributed by atoms with E-state index in [0.29, 0.717) is 18.8 Å². The first-order valence-corrected chi connectivity index (χ1v) is 12.6. The van der Waals surface area contributed by atoms with Gasteiger partial charge in [0.15, 0.2) is 0 Å². The maximum atomic E-state index is 12.3. The first-order chi connectivity index (χ1) is 16.0. The second-order valence-corrected chi connectivity index (χ2v) is 10.3. The predicted molar refractivity (Wildman–Crippen MR) is 134 cm³/mol. The lowest BCUT2D eigenvalue weighted by molar-refractivity contribution is -0.142. The molecular formula is C28H44O6. The molecule has 3 N–H and O–H groups in total. The highest BCUT2D eigenvalue weighted by Crippen LogP contribution is 2.36. The van der Waals surface area contributed by atoms with Gasteiger partial charge in [0.25, 0.3) is 0 Å². The molecule has 0 saturated carbocycles. The van der Waals surface area contributed by atoms with Crippen molar-refractivity contribution in [2.75, 3.05) is 0 Å². The molecule has 34 heavy (non-hydrogen) atoms. The van der Waals surface area contributed by atoms with Gasteiger partial charge in [-0.2, -0.15) is 0 Å². The van der Waals surface area contributed by atoms with Gasteiger partial charge in [0.05, 0.1) is 23.9 Å². The molecule has 2 heterocycles. The van der Waals surface area contributed by atoms with Crippen molar-refractivity contribution in [2.24, 2.45) is 17.8 Å². The zero-order chi connectivity index (χ0) is 25.5. The van der Waals surface area contributed by atoms with Crippen molar-refractivity contribution in [3.63, 3.8) is 0 Å². The minimum absolute atomic E-state index is 0.135. The summed E-state index contributed by atoms with van der Waals surface area (Å²) in [6, 6.07) is 0. The average Bonchev–Trinajstić information content (AvgIpc) is 3.55. The molecule has 0 amide bonds. The van der Waals surface area contributed by atoms with Crippen LogP contribution in [0.25, 0.3) is 0 Å². The van der Waals surface area contributed by atoms with Crippen LogP contribution >= 0.6 is 0 Å². The molecule has 192 valence electrons. The number of ether oxygens (including phenoxy) is 2. The zero-order valence-electron chi connectivity index (χ0n) is 21.6. The van der Waals surface area contributed by atoms with Gasteiger partial charge in [-0.05, 0) is 51.0 Å². The predicted octanol–water partition coefficient (Wildman–Crippen LogP) is 4.26. The van der Waals surface area contributed by atoms with E-state index in [2.05, 4.69) is 13.0 Å². The van der Waals surface area contributed by atoms with Gasteiger partial charge in [0.2, 0.25) is 0 Å². The zero-order valence-corrected chi connectivity index (χ0v) is 21.6. The van der Waals surface area contributed by atoms with Crippen molar-refractivity contribution in [3.8, 4) is 0 Å². The van der Waals surface area contributed by atoms with Crippen LogP contribution in [0, 0.1) is 17.8 Å². The Labute approximate surface area is 205 Å². The fourth-order valence-corrected chi connectivity index (χ4v) is 4.41. The topological polar surface area (TPSA) is 99.5 Å². The number of carbonyl (C=O) groups excluding carboxylic acids is 1. The molecule has 6 heteroatoms. The van der Waals surface area contributed by atoms with Crippen LogP contribution < -0.4 is 0 Å². The number of allylic oxidation sites excluding steroid dienone is 4. The molecule has 0 aromatic carbocycles. The number of aliphatic hydroxyl groups is 3. The Bertz CT molecular complexity index is 780. The van der Waals surface area contributed by atoms with Crippen LogP contribution in [0.15, 0.2) is 48.1 Å². The van der Waals surface area contributed by atoms with Gasteiger partial charge >= 0.3 is 5.97 Å². The van der Waals surface area contributed by atoms with Crippen LogP contribution in [-0.4, -0.2) is 57.4 Å². The molecule has 2 aliphatic heterocycles. The molecule has 9 atom stereocenters. The molecule has 9 unspecified atom stereocenters. The first kappa shape index (κ1) is 28.5. The highest BCUT2D eigenvalue weighted by atomic mass is 16.6. The van der Waals surface area contributed by atoms with E-state index in [1.165, 1.54) is 6.08 Å². The molecular weight excluding hydrogens is 432 g/mol. The second kappa shape index (κ2) is 12.8. The van der Waals surface area contributed by atoms with Gasteiger partial charge in [-0.1, -0.05) is 64.2 Å². The van der Waals surface area contributed by atoms with E-state index in [1.54, 1.807) is 25.2 Å². The van der Waals surface area contributed by atoms with Gasteiger partial charge in [-0.3, -0.25) is 0 Å². The van der Waals surface area contributed by atoms with E-state index >= 15 is 0 Å². The summed E-state index contributed by atoms with van der Waals surface area (Å²) in [7, 11) is 0. The largest absolute Gasteiger partial charge is 0.454 e. The van der Waals surface area contributed by atoms with Crippen molar-refractivity contribution in [1.82, 2.24) is 0 Å². The number of esters is 1. The number of epoxide rings is 1. The minimum atomic E-state index is -1.26. The third-order valence-corrected chi connectivity index (χ3v) is 7.04. The molecule has 1 saturated heterocycles. The van der Waals surface area contributed by atoms with Crippen LogP contribution in [0.3, 0.4) is 0 Å². The fraction of sp³-hybridized carbons (Fsp3) is 0.679. The summed E-state index contributed by atoms with van der Waals surface area (Å²) in [6.45, 7) is 11.6. The van der Waals surface area contributed by atoms with Crippen LogP contribution in [0.5, 0.6) is 0 Å². The molecule has 0 bridgehead atoms. The van der Waals surface area contributed by atoms with Crippen LogP contribution in [-0.2, 0) is 14.3 Å². The number of hydrogen-bond donors (Lipinski definition) is 3. The number of carbonyl (C=O) groups is 1. The molecule has 0 aliphatic carbocycles. The Morgan fingerprint density at radius 3 is 2.71 bits per heavy atom. The Hall–Kier alpha value is -1.73. The number of cyclic esters (lactones) is 1. The summed E-state index contributed by atoms with van der Waals surface area (Å²) in [4.78, 5) is 12.3.